The first kappa shape index (κ1) is 24.4. The highest BCUT2D eigenvalue weighted by molar-refractivity contribution is 5.95. The van der Waals surface area contributed by atoms with Crippen LogP contribution in [0.15, 0.2) is 54.6 Å². The lowest BCUT2D eigenvalue weighted by molar-refractivity contribution is -0.121. The van der Waals surface area contributed by atoms with E-state index in [1.807, 2.05) is 60.5 Å². The maximum absolute atomic E-state index is 12.9. The summed E-state index contributed by atoms with van der Waals surface area (Å²) in [5, 5.41) is 6.36. The van der Waals surface area contributed by atoms with Crippen LogP contribution in [0, 0.1) is 0 Å². The van der Waals surface area contributed by atoms with Crippen molar-refractivity contribution in [2.24, 2.45) is 0 Å². The van der Waals surface area contributed by atoms with E-state index in [9.17, 15) is 4.79 Å². The largest absolute Gasteiger partial charge is 0.324 e. The van der Waals surface area contributed by atoms with Crippen LogP contribution in [-0.2, 0) is 11.3 Å². The van der Waals surface area contributed by atoms with Crippen LogP contribution in [0.3, 0.4) is 0 Å². The average molecular weight is 398 g/mol. The Hall–Kier alpha value is -1.59. The third kappa shape index (κ3) is 6.96. The summed E-state index contributed by atoms with van der Waals surface area (Å²) in [6, 6.07) is 17.6. The summed E-state index contributed by atoms with van der Waals surface area (Å²) in [5.41, 5.74) is 3.00. The van der Waals surface area contributed by atoms with Crippen LogP contribution in [-0.4, -0.2) is 30.9 Å². The van der Waals surface area contributed by atoms with Crippen molar-refractivity contribution in [1.82, 2.24) is 10.2 Å². The van der Waals surface area contributed by atoms with Crippen LogP contribution < -0.4 is 10.6 Å². The van der Waals surface area contributed by atoms with Gasteiger partial charge in [0, 0.05) is 12.2 Å². The van der Waals surface area contributed by atoms with E-state index in [4.69, 9.17) is 0 Å². The van der Waals surface area contributed by atoms with Gasteiger partial charge in [0.25, 0.3) is 0 Å². The number of likely N-dealkylation sites (N-methyl/N-ethyl adjacent to an activating group) is 1. The molecule has 2 N–H and O–H groups in total. The first-order valence-corrected chi connectivity index (χ1v) is 8.51. The van der Waals surface area contributed by atoms with Gasteiger partial charge in [0.05, 0.1) is 0 Å². The molecule has 0 aliphatic rings. The Morgan fingerprint density at radius 1 is 1.04 bits per heavy atom. The molecule has 1 atom stereocenters. The van der Waals surface area contributed by atoms with Gasteiger partial charge in [0.15, 0.2) is 0 Å². The van der Waals surface area contributed by atoms with Crippen molar-refractivity contribution in [2.45, 2.75) is 26.4 Å². The van der Waals surface area contributed by atoms with Crippen molar-refractivity contribution in [1.29, 1.82) is 0 Å². The van der Waals surface area contributed by atoms with Gasteiger partial charge >= 0.3 is 0 Å². The molecule has 4 nitrogen and oxygen atoms in total. The Balaban J connectivity index is 0.00000312. The van der Waals surface area contributed by atoms with E-state index in [0.29, 0.717) is 0 Å². The highest BCUT2D eigenvalue weighted by Gasteiger charge is 2.24. The van der Waals surface area contributed by atoms with Gasteiger partial charge in [-0.3, -0.25) is 9.69 Å². The van der Waals surface area contributed by atoms with E-state index in [0.717, 1.165) is 36.4 Å². The molecule has 2 aromatic rings. The van der Waals surface area contributed by atoms with Crippen molar-refractivity contribution < 1.29 is 4.79 Å². The maximum atomic E-state index is 12.9. The predicted molar refractivity (Wildman–Crippen MR) is 114 cm³/mol. The number of rotatable bonds is 8. The predicted octanol–water partition coefficient (Wildman–Crippen LogP) is 4.27. The molecule has 26 heavy (non-hydrogen) atoms. The van der Waals surface area contributed by atoms with Crippen LogP contribution >= 0.6 is 24.8 Å². The molecule has 0 aromatic heterocycles. The normalized spacial score (nSPS) is 11.2. The molecular formula is C20H29Cl2N3O. The van der Waals surface area contributed by atoms with Gasteiger partial charge < -0.3 is 10.6 Å². The fourth-order valence-corrected chi connectivity index (χ4v) is 2.66. The number of halogens is 2. The van der Waals surface area contributed by atoms with Gasteiger partial charge in [-0.25, -0.2) is 0 Å². The fraction of sp³-hybridized carbons (Fsp3) is 0.350. The quantitative estimate of drug-likeness (QED) is 0.698. The molecule has 0 radical (unpaired) electrons. The minimum atomic E-state index is -0.298. The van der Waals surface area contributed by atoms with Gasteiger partial charge in [0.2, 0.25) is 5.91 Å². The van der Waals surface area contributed by atoms with Gasteiger partial charge in [-0.15, -0.1) is 24.8 Å². The van der Waals surface area contributed by atoms with E-state index in [1.165, 1.54) is 0 Å². The molecule has 1 amide bonds. The Morgan fingerprint density at radius 3 is 2.35 bits per heavy atom. The number of benzene rings is 2. The van der Waals surface area contributed by atoms with Crippen molar-refractivity contribution in [3.05, 3.63) is 65.7 Å². The van der Waals surface area contributed by atoms with Crippen LogP contribution in [0.4, 0.5) is 5.69 Å². The lowest BCUT2D eigenvalue weighted by Crippen LogP contribution is -2.34. The minimum Gasteiger partial charge on any atom is -0.324 e. The Kier molecular flexibility index (Phi) is 11.9. The number of carbonyl (C=O) groups excluding carboxylic acids is 1. The van der Waals surface area contributed by atoms with Crippen LogP contribution in [0.5, 0.6) is 0 Å². The summed E-state index contributed by atoms with van der Waals surface area (Å²) in [6.07, 6.45) is 0. The molecule has 0 heterocycles. The van der Waals surface area contributed by atoms with Crippen LogP contribution in [0.2, 0.25) is 0 Å². The van der Waals surface area contributed by atoms with E-state index < -0.39 is 0 Å². The molecule has 0 saturated carbocycles. The maximum Gasteiger partial charge on any atom is 0.246 e. The highest BCUT2D eigenvalue weighted by Crippen LogP contribution is 2.21. The molecule has 1 unspecified atom stereocenters. The molecule has 2 aromatic carbocycles. The Morgan fingerprint density at radius 2 is 1.73 bits per heavy atom. The topological polar surface area (TPSA) is 44.4 Å². The summed E-state index contributed by atoms with van der Waals surface area (Å²) < 4.78 is 0. The van der Waals surface area contributed by atoms with Crippen LogP contribution in [0.25, 0.3) is 0 Å². The van der Waals surface area contributed by atoms with E-state index in [2.05, 4.69) is 30.5 Å². The van der Waals surface area contributed by atoms with E-state index in [-0.39, 0.29) is 36.8 Å². The summed E-state index contributed by atoms with van der Waals surface area (Å²) in [5.74, 6) is -0.00819. The summed E-state index contributed by atoms with van der Waals surface area (Å²) >= 11 is 0. The van der Waals surface area contributed by atoms with Crippen molar-refractivity contribution in [2.75, 3.05) is 25.5 Å². The lowest BCUT2D eigenvalue weighted by Gasteiger charge is -2.26. The van der Waals surface area contributed by atoms with Gasteiger partial charge in [-0.05, 0) is 43.4 Å². The molecule has 0 aliphatic heterocycles. The van der Waals surface area contributed by atoms with Crippen molar-refractivity contribution >= 4 is 36.4 Å². The number of hydrogen-bond acceptors (Lipinski definition) is 3. The standard InChI is InChI=1S/C20H27N3O.2ClH/c1-4-21-15-16-10-9-13-18(14-16)22-20(24)19(23(3)5-2)17-11-7-6-8-12-17;;/h6-14,19,21H,4-5,15H2,1-3H3,(H,22,24);2*1H. The molecule has 0 bridgehead atoms. The first-order chi connectivity index (χ1) is 11.7. The third-order valence-corrected chi connectivity index (χ3v) is 4.08. The average Bonchev–Trinajstić information content (AvgIpc) is 2.61. The van der Waals surface area contributed by atoms with Gasteiger partial charge in [-0.2, -0.15) is 0 Å². The molecular weight excluding hydrogens is 369 g/mol. The SMILES string of the molecule is CCNCc1cccc(NC(=O)C(c2ccccc2)N(C)CC)c1.Cl.Cl. The number of anilines is 1. The molecule has 0 fully saturated rings. The second-order valence-electron chi connectivity index (χ2n) is 5.86. The smallest absolute Gasteiger partial charge is 0.246 e. The van der Waals surface area contributed by atoms with Crippen LogP contribution in [0.1, 0.15) is 31.0 Å². The molecule has 144 valence electrons. The monoisotopic (exact) mass is 397 g/mol. The number of nitrogens with one attached hydrogen (secondary N) is 2. The minimum absolute atomic E-state index is 0. The molecule has 2 rings (SSSR count). The third-order valence-electron chi connectivity index (χ3n) is 4.08. The zero-order valence-electron chi connectivity index (χ0n) is 15.6. The van der Waals surface area contributed by atoms with Gasteiger partial charge in [-0.1, -0.05) is 56.3 Å². The first-order valence-electron chi connectivity index (χ1n) is 8.51. The summed E-state index contributed by atoms with van der Waals surface area (Å²) in [4.78, 5) is 14.9. The molecule has 0 aliphatic carbocycles. The highest BCUT2D eigenvalue weighted by atomic mass is 35.5. The van der Waals surface area contributed by atoms with Crippen molar-refractivity contribution in [3.63, 3.8) is 0 Å². The second-order valence-corrected chi connectivity index (χ2v) is 5.86. The van der Waals surface area contributed by atoms with Crippen molar-refractivity contribution in [3.8, 4) is 0 Å². The zero-order valence-corrected chi connectivity index (χ0v) is 17.2. The fourth-order valence-electron chi connectivity index (χ4n) is 2.66. The molecule has 0 spiro atoms. The number of carbonyl (C=O) groups is 1. The lowest BCUT2D eigenvalue weighted by atomic mass is 10.0. The summed E-state index contributed by atoms with van der Waals surface area (Å²) in [7, 11) is 1.97. The second kappa shape index (κ2) is 12.7. The number of amides is 1. The Labute approximate surface area is 169 Å². The zero-order chi connectivity index (χ0) is 17.4. The Bertz CT molecular complexity index is 653. The summed E-state index contributed by atoms with van der Waals surface area (Å²) in [6.45, 7) is 6.66. The number of hydrogen-bond donors (Lipinski definition) is 2. The van der Waals surface area contributed by atoms with E-state index >= 15 is 0 Å². The van der Waals surface area contributed by atoms with E-state index in [1.54, 1.807) is 0 Å². The van der Waals surface area contributed by atoms with Gasteiger partial charge in [0.1, 0.15) is 6.04 Å². The molecule has 0 saturated heterocycles. The number of nitrogens with zero attached hydrogens (tertiary/aromatic N) is 1. The molecule has 6 heteroatoms.